The topological polar surface area (TPSA) is 143 Å². The number of β-amino-alcohol motifs (C(OH)–C–C–N with tert-alkyl or cyclic N) is 1. The Hall–Kier alpha value is -2.81. The van der Waals surface area contributed by atoms with Gasteiger partial charge in [-0.1, -0.05) is 0 Å². The molecule has 6 N–H and O–H groups in total. The fourth-order valence-electron chi connectivity index (χ4n) is 1.91. The van der Waals surface area contributed by atoms with Gasteiger partial charge in [-0.3, -0.25) is 14.6 Å². The number of carbonyl (C=O) groups is 2. The van der Waals surface area contributed by atoms with E-state index in [2.05, 4.69) is 20.9 Å². The van der Waals surface area contributed by atoms with Gasteiger partial charge in [0.25, 0.3) is 5.91 Å². The van der Waals surface area contributed by atoms with Crippen LogP contribution in [-0.2, 0) is 4.79 Å². The lowest BCUT2D eigenvalue weighted by Crippen LogP contribution is -2.42. The van der Waals surface area contributed by atoms with Crippen LogP contribution in [0, 0.1) is 0 Å². The van der Waals surface area contributed by atoms with Crippen LogP contribution >= 0.6 is 0 Å². The molecule has 124 valence electrons. The lowest BCUT2D eigenvalue weighted by molar-refractivity contribution is -0.138. The Labute approximate surface area is 132 Å². The van der Waals surface area contributed by atoms with E-state index >= 15 is 0 Å². The second-order valence-electron chi connectivity index (χ2n) is 5.15. The fourth-order valence-corrected chi connectivity index (χ4v) is 1.91. The molecule has 23 heavy (non-hydrogen) atoms. The van der Waals surface area contributed by atoms with Gasteiger partial charge in [0.1, 0.15) is 11.8 Å². The predicted molar refractivity (Wildman–Crippen MR) is 82.6 cm³/mol. The fraction of sp³-hybridized carbons (Fsp3) is 0.357. The van der Waals surface area contributed by atoms with Crippen LogP contribution in [0.25, 0.3) is 0 Å². The van der Waals surface area contributed by atoms with E-state index in [1.807, 2.05) is 0 Å². The van der Waals surface area contributed by atoms with Crippen LogP contribution in [0.4, 0.5) is 5.69 Å². The number of hydrogen-bond acceptors (Lipinski definition) is 7. The number of aliphatic imine (C=N–C) groups is 1. The van der Waals surface area contributed by atoms with Crippen molar-refractivity contribution < 1.29 is 24.9 Å². The molecule has 0 bridgehead atoms. The number of anilines is 1. The van der Waals surface area contributed by atoms with Gasteiger partial charge >= 0.3 is 5.97 Å². The molecule has 0 saturated heterocycles. The van der Waals surface area contributed by atoms with Gasteiger partial charge in [-0.2, -0.15) is 0 Å². The van der Waals surface area contributed by atoms with Crippen molar-refractivity contribution in [2.45, 2.75) is 19.1 Å². The highest BCUT2D eigenvalue weighted by Gasteiger charge is 2.17. The Bertz CT molecular complexity index is 646. The molecule has 2 atom stereocenters. The summed E-state index contributed by atoms with van der Waals surface area (Å²) >= 11 is 0. The number of aliphatic carboxylic acids is 1. The summed E-state index contributed by atoms with van der Waals surface area (Å²) in [7, 11) is 0. The van der Waals surface area contributed by atoms with Crippen molar-refractivity contribution in [3.63, 3.8) is 0 Å². The number of benzene rings is 1. The highest BCUT2D eigenvalue weighted by atomic mass is 16.4. The second-order valence-corrected chi connectivity index (χ2v) is 5.15. The van der Waals surface area contributed by atoms with E-state index in [4.69, 9.17) is 5.11 Å². The molecule has 9 heteroatoms. The molecule has 2 unspecified atom stereocenters. The number of carboxylic acid groups (broad SMARTS) is 1. The third kappa shape index (κ3) is 4.58. The van der Waals surface area contributed by atoms with Crippen molar-refractivity contribution in [3.8, 4) is 5.75 Å². The first kappa shape index (κ1) is 16.6. The lowest BCUT2D eigenvalue weighted by atomic mass is 10.1. The zero-order chi connectivity index (χ0) is 17.0. The number of aliphatic hydroxyl groups is 1. The van der Waals surface area contributed by atoms with E-state index in [0.29, 0.717) is 18.2 Å². The number of aromatic hydroxyl groups is 1. The molecule has 1 heterocycles. The summed E-state index contributed by atoms with van der Waals surface area (Å²) in [5.74, 6) is -1.52. The molecular formula is C14H18N4O5. The molecule has 1 aromatic rings. The molecule has 0 aliphatic carbocycles. The van der Waals surface area contributed by atoms with Crippen molar-refractivity contribution in [3.05, 3.63) is 23.8 Å². The van der Waals surface area contributed by atoms with Crippen molar-refractivity contribution in [1.82, 2.24) is 10.6 Å². The average Bonchev–Trinajstić information content (AvgIpc) is 2.48. The van der Waals surface area contributed by atoms with Gasteiger partial charge in [0.05, 0.1) is 12.6 Å². The first-order valence-corrected chi connectivity index (χ1v) is 6.96. The Balaban J connectivity index is 2.12. The van der Waals surface area contributed by atoms with Gasteiger partial charge < -0.3 is 31.3 Å². The summed E-state index contributed by atoms with van der Waals surface area (Å²) in [6, 6.07) is 3.03. The van der Waals surface area contributed by atoms with E-state index in [1.165, 1.54) is 25.1 Å². The highest BCUT2D eigenvalue weighted by Crippen LogP contribution is 2.20. The van der Waals surface area contributed by atoms with E-state index in [1.54, 1.807) is 0 Å². The summed E-state index contributed by atoms with van der Waals surface area (Å²) < 4.78 is 0. The zero-order valence-corrected chi connectivity index (χ0v) is 12.4. The maximum atomic E-state index is 12.0. The molecule has 0 spiro atoms. The van der Waals surface area contributed by atoms with Crippen LogP contribution < -0.4 is 16.0 Å². The van der Waals surface area contributed by atoms with Crippen molar-refractivity contribution in [1.29, 1.82) is 0 Å². The predicted octanol–water partition coefficient (Wildman–Crippen LogP) is -0.673. The van der Waals surface area contributed by atoms with E-state index in [0.717, 1.165) is 0 Å². The van der Waals surface area contributed by atoms with Crippen LogP contribution in [0.1, 0.15) is 17.3 Å². The maximum absolute atomic E-state index is 12.0. The summed E-state index contributed by atoms with van der Waals surface area (Å²) in [5, 5.41) is 35.9. The molecular weight excluding hydrogens is 304 g/mol. The van der Waals surface area contributed by atoms with E-state index in [9.17, 15) is 19.8 Å². The quantitative estimate of drug-likeness (QED) is 0.431. The number of aliphatic hydroxyl groups excluding tert-OH is 1. The molecule has 1 amide bonds. The largest absolute Gasteiger partial charge is 0.508 e. The first-order valence-electron chi connectivity index (χ1n) is 6.96. The Morgan fingerprint density at radius 1 is 1.39 bits per heavy atom. The van der Waals surface area contributed by atoms with Gasteiger partial charge in [-0.25, -0.2) is 0 Å². The zero-order valence-electron chi connectivity index (χ0n) is 12.4. The molecule has 0 fully saturated rings. The van der Waals surface area contributed by atoms with E-state index in [-0.39, 0.29) is 17.9 Å². The Kier molecular flexibility index (Phi) is 5.02. The average molecular weight is 322 g/mol. The van der Waals surface area contributed by atoms with Gasteiger partial charge in [0.15, 0.2) is 5.96 Å². The minimum Gasteiger partial charge on any atom is -0.508 e. The minimum atomic E-state index is -1.16. The molecule has 1 aliphatic heterocycles. The van der Waals surface area contributed by atoms with Crippen LogP contribution in [0.5, 0.6) is 5.75 Å². The molecule has 2 rings (SSSR count). The van der Waals surface area contributed by atoms with Crippen molar-refractivity contribution >= 4 is 23.5 Å². The number of amides is 1. The lowest BCUT2D eigenvalue weighted by Gasteiger charge is -2.20. The Morgan fingerprint density at radius 3 is 2.74 bits per heavy atom. The third-order valence-corrected chi connectivity index (χ3v) is 3.13. The summed E-state index contributed by atoms with van der Waals surface area (Å²) in [5.41, 5.74) is 0.512. The summed E-state index contributed by atoms with van der Waals surface area (Å²) in [6.45, 7) is 1.93. The van der Waals surface area contributed by atoms with Gasteiger partial charge in [-0.15, -0.1) is 0 Å². The number of hydrogen-bond donors (Lipinski definition) is 6. The Morgan fingerprint density at radius 2 is 2.13 bits per heavy atom. The minimum absolute atomic E-state index is 0.108. The summed E-state index contributed by atoms with van der Waals surface area (Å²) in [6.07, 6.45) is -0.552. The number of nitrogens with one attached hydrogen (secondary N) is 3. The molecule has 0 radical (unpaired) electrons. The number of carbonyl (C=O) groups excluding carboxylic acids is 1. The smallest absolute Gasteiger partial charge is 0.325 e. The highest BCUT2D eigenvalue weighted by molar-refractivity contribution is 6.00. The monoisotopic (exact) mass is 322 g/mol. The maximum Gasteiger partial charge on any atom is 0.325 e. The molecule has 9 nitrogen and oxygen atoms in total. The molecule has 0 aromatic heterocycles. The van der Waals surface area contributed by atoms with Crippen LogP contribution in [0.2, 0.25) is 0 Å². The van der Waals surface area contributed by atoms with Crippen LogP contribution in [0.15, 0.2) is 23.2 Å². The summed E-state index contributed by atoms with van der Waals surface area (Å²) in [4.78, 5) is 26.8. The van der Waals surface area contributed by atoms with Crippen molar-refractivity contribution in [2.75, 3.05) is 18.4 Å². The van der Waals surface area contributed by atoms with Gasteiger partial charge in [0.2, 0.25) is 0 Å². The van der Waals surface area contributed by atoms with Crippen molar-refractivity contribution in [2.24, 2.45) is 4.99 Å². The number of guanidine groups is 1. The first-order chi connectivity index (χ1) is 10.8. The number of nitrogens with zero attached hydrogens (tertiary/aromatic N) is 1. The molecule has 0 saturated carbocycles. The molecule has 1 aromatic carbocycles. The normalized spacial score (nSPS) is 18.3. The number of rotatable bonds is 4. The SMILES string of the molecule is CC(NC(=O)c1cc(O)cc(NC2=NCC(O)CN2)c1)C(=O)O. The number of carboxylic acids is 1. The van der Waals surface area contributed by atoms with Gasteiger partial charge in [-0.05, 0) is 19.1 Å². The number of phenols is 1. The van der Waals surface area contributed by atoms with E-state index < -0.39 is 24.0 Å². The second kappa shape index (κ2) is 6.97. The van der Waals surface area contributed by atoms with Crippen LogP contribution in [-0.4, -0.2) is 58.4 Å². The molecule has 1 aliphatic rings. The standard InChI is InChI=1S/C14H18N4O5/c1-7(13(22)23)17-12(21)8-2-9(4-10(19)3-8)18-14-15-5-11(20)6-16-14/h2-4,7,11,19-20H,5-6H2,1H3,(H,17,21)(H,22,23)(H2,15,16,18). The van der Waals surface area contributed by atoms with Gasteiger partial charge in [0, 0.05) is 23.9 Å². The van der Waals surface area contributed by atoms with Crippen LogP contribution in [0.3, 0.4) is 0 Å². The number of phenolic OH excluding ortho intramolecular Hbond substituents is 1. The third-order valence-electron chi connectivity index (χ3n) is 3.13.